The van der Waals surface area contributed by atoms with E-state index in [1.807, 2.05) is 36.5 Å². The molecule has 21 heavy (non-hydrogen) atoms. The molecule has 1 aromatic heterocycles. The molecule has 1 unspecified atom stereocenters. The minimum Gasteiger partial charge on any atom is -0.507 e. The van der Waals surface area contributed by atoms with Crippen LogP contribution in [0, 0.1) is 0 Å². The third kappa shape index (κ3) is 2.02. The van der Waals surface area contributed by atoms with Crippen LogP contribution in [0.2, 0.25) is 0 Å². The molecule has 3 nitrogen and oxygen atoms in total. The molecular weight excluding hydrogens is 260 g/mol. The Kier molecular flexibility index (Phi) is 2.78. The van der Waals surface area contributed by atoms with Crippen LogP contribution in [-0.4, -0.2) is 10.1 Å². The minimum absolute atomic E-state index is 0.245. The van der Waals surface area contributed by atoms with E-state index in [9.17, 15) is 5.11 Å². The largest absolute Gasteiger partial charge is 0.507 e. The van der Waals surface area contributed by atoms with E-state index in [4.69, 9.17) is 0 Å². The maximum atomic E-state index is 9.97. The Bertz CT molecular complexity index is 813. The van der Waals surface area contributed by atoms with Crippen molar-refractivity contribution >= 4 is 16.5 Å². The summed E-state index contributed by atoms with van der Waals surface area (Å²) in [5.41, 5.74) is 3.53. The van der Waals surface area contributed by atoms with Gasteiger partial charge in [0.05, 0.1) is 11.7 Å². The zero-order valence-corrected chi connectivity index (χ0v) is 11.6. The Morgan fingerprint density at radius 1 is 1.00 bits per heavy atom. The molecular formula is C18H16N2O. The number of fused-ring (bicyclic) bond motifs is 2. The van der Waals surface area contributed by atoms with Gasteiger partial charge in [-0.3, -0.25) is 4.98 Å². The van der Waals surface area contributed by atoms with Gasteiger partial charge in [-0.15, -0.1) is 0 Å². The smallest absolute Gasteiger partial charge is 0.123 e. The summed E-state index contributed by atoms with van der Waals surface area (Å²) in [5.74, 6) is 0.320. The Morgan fingerprint density at radius 3 is 2.81 bits per heavy atom. The molecule has 2 N–H and O–H groups in total. The van der Waals surface area contributed by atoms with Gasteiger partial charge in [-0.1, -0.05) is 30.3 Å². The van der Waals surface area contributed by atoms with Gasteiger partial charge in [0.1, 0.15) is 5.75 Å². The van der Waals surface area contributed by atoms with Crippen LogP contribution in [0.1, 0.15) is 23.7 Å². The second-order valence-corrected chi connectivity index (χ2v) is 5.46. The summed E-state index contributed by atoms with van der Waals surface area (Å²) in [6.07, 6.45) is 3.98. The summed E-state index contributed by atoms with van der Waals surface area (Å²) in [6.45, 7) is 0. The number of aryl methyl sites for hydroxylation is 1. The molecule has 0 bridgehead atoms. The Morgan fingerprint density at radius 2 is 1.86 bits per heavy atom. The minimum atomic E-state index is 0.245. The van der Waals surface area contributed by atoms with Crippen molar-refractivity contribution in [2.24, 2.45) is 0 Å². The van der Waals surface area contributed by atoms with E-state index in [0.717, 1.165) is 35.0 Å². The number of aromatic nitrogens is 1. The van der Waals surface area contributed by atoms with Crippen LogP contribution in [-0.2, 0) is 6.42 Å². The standard InChI is InChI=1S/C18H16N2O/c21-17-8-2-5-13-14(17)6-1-7-15(13)20-16-10-9-12-4-3-11-19-18(12)16/h1-8,11,16,20-21H,9-10H2. The van der Waals surface area contributed by atoms with E-state index in [-0.39, 0.29) is 6.04 Å². The van der Waals surface area contributed by atoms with E-state index in [0.29, 0.717) is 5.75 Å². The number of nitrogens with one attached hydrogen (secondary N) is 1. The summed E-state index contributed by atoms with van der Waals surface area (Å²) in [7, 11) is 0. The van der Waals surface area contributed by atoms with Gasteiger partial charge in [-0.25, -0.2) is 0 Å². The highest BCUT2D eigenvalue weighted by Crippen LogP contribution is 2.36. The van der Waals surface area contributed by atoms with Gasteiger partial charge in [-0.2, -0.15) is 0 Å². The Balaban J connectivity index is 1.75. The highest BCUT2D eigenvalue weighted by molar-refractivity contribution is 5.97. The summed E-state index contributed by atoms with van der Waals surface area (Å²) < 4.78 is 0. The van der Waals surface area contributed by atoms with Crippen molar-refractivity contribution in [3.63, 3.8) is 0 Å². The molecule has 0 saturated heterocycles. The fourth-order valence-corrected chi connectivity index (χ4v) is 3.16. The van der Waals surface area contributed by atoms with Gasteiger partial charge in [0.15, 0.2) is 0 Å². The number of anilines is 1. The monoisotopic (exact) mass is 276 g/mol. The molecule has 3 aromatic rings. The number of aromatic hydroxyl groups is 1. The first-order chi connectivity index (χ1) is 10.3. The molecule has 2 aromatic carbocycles. The van der Waals surface area contributed by atoms with Crippen LogP contribution >= 0.6 is 0 Å². The molecule has 0 amide bonds. The lowest BCUT2D eigenvalue weighted by molar-refractivity contribution is 0.481. The van der Waals surface area contributed by atoms with E-state index >= 15 is 0 Å². The first kappa shape index (κ1) is 12.2. The Hall–Kier alpha value is -2.55. The quantitative estimate of drug-likeness (QED) is 0.742. The fourth-order valence-electron chi connectivity index (χ4n) is 3.16. The van der Waals surface area contributed by atoms with Crippen molar-refractivity contribution in [1.29, 1.82) is 0 Å². The van der Waals surface area contributed by atoms with Crippen molar-refractivity contribution < 1.29 is 5.11 Å². The highest BCUT2D eigenvalue weighted by atomic mass is 16.3. The second kappa shape index (κ2) is 4.77. The van der Waals surface area contributed by atoms with Crippen molar-refractivity contribution in [2.45, 2.75) is 18.9 Å². The van der Waals surface area contributed by atoms with Crippen LogP contribution in [0.3, 0.4) is 0 Å². The number of nitrogens with zero attached hydrogens (tertiary/aromatic N) is 1. The SMILES string of the molecule is Oc1cccc2c(NC3CCc4cccnc43)cccc12. The molecule has 0 spiro atoms. The summed E-state index contributed by atoms with van der Waals surface area (Å²) in [4.78, 5) is 4.52. The number of phenolic OH excluding ortho intramolecular Hbond substituents is 1. The zero-order valence-electron chi connectivity index (χ0n) is 11.6. The topological polar surface area (TPSA) is 45.1 Å². The average molecular weight is 276 g/mol. The lowest BCUT2D eigenvalue weighted by atomic mass is 10.1. The van der Waals surface area contributed by atoms with Gasteiger partial charge < -0.3 is 10.4 Å². The molecule has 1 aliphatic rings. The van der Waals surface area contributed by atoms with Crippen LogP contribution in [0.15, 0.2) is 54.7 Å². The number of phenols is 1. The van der Waals surface area contributed by atoms with Crippen LogP contribution in [0.4, 0.5) is 5.69 Å². The van der Waals surface area contributed by atoms with Crippen molar-refractivity contribution in [3.8, 4) is 5.75 Å². The Labute approximate surface area is 123 Å². The molecule has 1 aliphatic carbocycles. The van der Waals surface area contributed by atoms with E-state index in [1.54, 1.807) is 6.07 Å². The van der Waals surface area contributed by atoms with Gasteiger partial charge >= 0.3 is 0 Å². The van der Waals surface area contributed by atoms with Crippen molar-refractivity contribution in [1.82, 2.24) is 4.98 Å². The van der Waals surface area contributed by atoms with Crippen LogP contribution in [0.25, 0.3) is 10.8 Å². The number of hydrogen-bond donors (Lipinski definition) is 2. The van der Waals surface area contributed by atoms with Crippen molar-refractivity contribution in [2.75, 3.05) is 5.32 Å². The van der Waals surface area contributed by atoms with Crippen LogP contribution in [0.5, 0.6) is 5.75 Å². The van der Waals surface area contributed by atoms with Gasteiger partial charge in [-0.05, 0) is 36.6 Å². The van der Waals surface area contributed by atoms with Gasteiger partial charge in [0, 0.05) is 22.7 Å². The number of pyridine rings is 1. The maximum absolute atomic E-state index is 9.97. The van der Waals surface area contributed by atoms with Gasteiger partial charge in [0.2, 0.25) is 0 Å². The molecule has 0 fully saturated rings. The van der Waals surface area contributed by atoms with E-state index in [2.05, 4.69) is 22.4 Å². The average Bonchev–Trinajstić information content (AvgIpc) is 2.92. The normalized spacial score (nSPS) is 16.9. The van der Waals surface area contributed by atoms with Gasteiger partial charge in [0.25, 0.3) is 0 Å². The van der Waals surface area contributed by atoms with Crippen molar-refractivity contribution in [3.05, 3.63) is 66.0 Å². The molecule has 0 aliphatic heterocycles. The molecule has 104 valence electrons. The summed E-state index contributed by atoms with van der Waals surface area (Å²) in [6, 6.07) is 16.0. The third-order valence-corrected chi connectivity index (χ3v) is 4.19. The van der Waals surface area contributed by atoms with Crippen LogP contribution < -0.4 is 5.32 Å². The molecule has 0 saturated carbocycles. The molecule has 1 heterocycles. The van der Waals surface area contributed by atoms with E-state index < -0.39 is 0 Å². The summed E-state index contributed by atoms with van der Waals surface area (Å²) in [5, 5.41) is 15.5. The van der Waals surface area contributed by atoms with E-state index in [1.165, 1.54) is 5.56 Å². The molecule has 0 radical (unpaired) electrons. The molecule has 1 atom stereocenters. The summed E-state index contributed by atoms with van der Waals surface area (Å²) >= 11 is 0. The first-order valence-corrected chi connectivity index (χ1v) is 7.24. The second-order valence-electron chi connectivity index (χ2n) is 5.46. The molecule has 3 heteroatoms. The highest BCUT2D eigenvalue weighted by Gasteiger charge is 2.23. The lowest BCUT2D eigenvalue weighted by Gasteiger charge is -2.16. The first-order valence-electron chi connectivity index (χ1n) is 7.24. The fraction of sp³-hybridized carbons (Fsp3) is 0.167. The lowest BCUT2D eigenvalue weighted by Crippen LogP contribution is -2.08. The third-order valence-electron chi connectivity index (χ3n) is 4.19. The maximum Gasteiger partial charge on any atom is 0.123 e. The predicted molar refractivity (Wildman–Crippen MR) is 84.5 cm³/mol. The zero-order chi connectivity index (χ0) is 14.2. The predicted octanol–water partition coefficient (Wildman–Crippen LogP) is 4.04. The number of rotatable bonds is 2. The number of hydrogen-bond acceptors (Lipinski definition) is 3. The molecule has 4 rings (SSSR count). The number of benzene rings is 2.